The predicted molar refractivity (Wildman–Crippen MR) is 109 cm³/mol. The number of benzene rings is 1. The van der Waals surface area contributed by atoms with Crippen molar-refractivity contribution in [3.63, 3.8) is 0 Å². The smallest absolute Gasteiger partial charge is 0.234 e. The van der Waals surface area contributed by atoms with E-state index in [1.54, 1.807) is 12.4 Å². The average molecular weight is 382 g/mol. The van der Waals surface area contributed by atoms with E-state index in [4.69, 9.17) is 0 Å². The van der Waals surface area contributed by atoms with Gasteiger partial charge in [-0.1, -0.05) is 37.7 Å². The molecule has 0 saturated heterocycles. The number of thioether (sulfide) groups is 1. The van der Waals surface area contributed by atoms with Gasteiger partial charge >= 0.3 is 0 Å². The molecule has 0 atom stereocenters. The average Bonchev–Trinajstić information content (AvgIpc) is 3.10. The number of amides is 1. The summed E-state index contributed by atoms with van der Waals surface area (Å²) in [5.41, 5.74) is 3.00. The third-order valence-electron chi connectivity index (χ3n) is 4.05. The van der Waals surface area contributed by atoms with Crippen molar-refractivity contribution in [3.05, 3.63) is 54.4 Å². The Hall–Kier alpha value is -2.67. The molecule has 0 radical (unpaired) electrons. The van der Waals surface area contributed by atoms with Gasteiger partial charge in [-0.3, -0.25) is 9.78 Å². The van der Waals surface area contributed by atoms with Gasteiger partial charge in [0.2, 0.25) is 5.91 Å². The topological polar surface area (TPSA) is 72.7 Å². The molecule has 0 fully saturated rings. The lowest BCUT2D eigenvalue weighted by molar-refractivity contribution is -0.113. The van der Waals surface area contributed by atoms with Crippen molar-refractivity contribution in [2.24, 2.45) is 0 Å². The highest BCUT2D eigenvalue weighted by Gasteiger charge is 2.15. The van der Waals surface area contributed by atoms with Crippen LogP contribution in [-0.2, 0) is 17.8 Å². The van der Waals surface area contributed by atoms with E-state index in [-0.39, 0.29) is 11.7 Å². The van der Waals surface area contributed by atoms with Gasteiger partial charge in [0.15, 0.2) is 11.0 Å². The number of aryl methyl sites for hydroxylation is 1. The molecule has 2 heterocycles. The quantitative estimate of drug-likeness (QED) is 0.596. The van der Waals surface area contributed by atoms with Gasteiger partial charge in [0, 0.05) is 30.2 Å². The van der Waals surface area contributed by atoms with E-state index in [2.05, 4.69) is 45.0 Å². The summed E-state index contributed by atoms with van der Waals surface area (Å²) in [7, 11) is 0. The maximum atomic E-state index is 12.3. The van der Waals surface area contributed by atoms with E-state index in [0.717, 1.165) is 41.6 Å². The van der Waals surface area contributed by atoms with Crippen LogP contribution < -0.4 is 5.32 Å². The van der Waals surface area contributed by atoms with Crippen LogP contribution in [0.15, 0.2) is 53.9 Å². The number of carbonyl (C=O) groups is 1. The van der Waals surface area contributed by atoms with Crippen molar-refractivity contribution in [2.45, 2.75) is 38.4 Å². The van der Waals surface area contributed by atoms with Crippen LogP contribution in [0.1, 0.15) is 25.8 Å². The Morgan fingerprint density at radius 1 is 1.15 bits per heavy atom. The van der Waals surface area contributed by atoms with Crippen LogP contribution in [0.25, 0.3) is 11.4 Å². The van der Waals surface area contributed by atoms with Crippen LogP contribution in [0.3, 0.4) is 0 Å². The molecule has 7 heteroatoms. The van der Waals surface area contributed by atoms with E-state index < -0.39 is 0 Å². The minimum Gasteiger partial charge on any atom is -0.325 e. The van der Waals surface area contributed by atoms with Crippen molar-refractivity contribution >= 4 is 23.4 Å². The number of hydrogen-bond donors (Lipinski definition) is 1. The van der Waals surface area contributed by atoms with Gasteiger partial charge < -0.3 is 9.88 Å². The number of nitrogens with zero attached hydrogens (tertiary/aromatic N) is 4. The predicted octanol–water partition coefficient (Wildman–Crippen LogP) is 4.04. The molecule has 0 aliphatic heterocycles. The van der Waals surface area contributed by atoms with E-state index >= 15 is 0 Å². The first-order valence-electron chi connectivity index (χ1n) is 9.06. The number of rotatable bonds is 8. The Kier molecular flexibility index (Phi) is 6.59. The number of hydrogen-bond acceptors (Lipinski definition) is 5. The van der Waals surface area contributed by atoms with Gasteiger partial charge in [0.05, 0.1) is 5.75 Å². The molecule has 3 rings (SSSR count). The third-order valence-corrected chi connectivity index (χ3v) is 5.02. The van der Waals surface area contributed by atoms with E-state index in [1.807, 2.05) is 30.3 Å². The zero-order valence-corrected chi connectivity index (χ0v) is 16.4. The van der Waals surface area contributed by atoms with Crippen LogP contribution in [-0.4, -0.2) is 31.4 Å². The van der Waals surface area contributed by atoms with Gasteiger partial charge in [-0.2, -0.15) is 0 Å². The van der Waals surface area contributed by atoms with E-state index in [0.29, 0.717) is 0 Å². The molecule has 0 bridgehead atoms. The molecule has 1 N–H and O–H groups in total. The second-order valence-corrected chi connectivity index (χ2v) is 7.03. The molecule has 2 aromatic heterocycles. The number of carbonyl (C=O) groups excluding carboxylic acids is 1. The summed E-state index contributed by atoms with van der Waals surface area (Å²) < 4.78 is 2.06. The fraction of sp³-hybridized carbons (Fsp3) is 0.300. The fourth-order valence-electron chi connectivity index (χ4n) is 2.73. The lowest BCUT2D eigenvalue weighted by Gasteiger charge is -2.09. The number of nitrogens with one attached hydrogen (secondary N) is 1. The Balaban J connectivity index is 1.68. The maximum absolute atomic E-state index is 12.3. The normalized spacial score (nSPS) is 10.7. The summed E-state index contributed by atoms with van der Waals surface area (Å²) in [5.74, 6) is 1.04. The fourth-order valence-corrected chi connectivity index (χ4v) is 3.50. The van der Waals surface area contributed by atoms with Crippen molar-refractivity contribution in [2.75, 3.05) is 11.1 Å². The molecule has 0 spiro atoms. The summed E-state index contributed by atoms with van der Waals surface area (Å²) in [6.07, 6.45) is 5.38. The molecule has 27 heavy (non-hydrogen) atoms. The summed E-state index contributed by atoms with van der Waals surface area (Å²) in [6.45, 7) is 5.00. The molecule has 1 aromatic carbocycles. The monoisotopic (exact) mass is 381 g/mol. The summed E-state index contributed by atoms with van der Waals surface area (Å²) in [4.78, 5) is 16.4. The summed E-state index contributed by atoms with van der Waals surface area (Å²) in [6, 6.07) is 11.8. The molecular weight excluding hydrogens is 358 g/mol. The Bertz CT molecular complexity index is 894. The number of aromatic nitrogens is 4. The molecule has 6 nitrogen and oxygen atoms in total. The van der Waals surface area contributed by atoms with Crippen molar-refractivity contribution < 1.29 is 4.79 Å². The molecule has 0 saturated carbocycles. The second-order valence-electron chi connectivity index (χ2n) is 6.08. The zero-order valence-electron chi connectivity index (χ0n) is 15.6. The van der Waals surface area contributed by atoms with Crippen molar-refractivity contribution in [1.82, 2.24) is 19.7 Å². The van der Waals surface area contributed by atoms with Gasteiger partial charge in [-0.25, -0.2) is 0 Å². The molecule has 1 amide bonds. The third kappa shape index (κ3) is 4.95. The number of anilines is 1. The highest BCUT2D eigenvalue weighted by Crippen LogP contribution is 2.24. The first kappa shape index (κ1) is 19.1. The minimum atomic E-state index is -0.0511. The molecule has 3 aromatic rings. The van der Waals surface area contributed by atoms with Crippen molar-refractivity contribution in [3.8, 4) is 11.4 Å². The first-order chi connectivity index (χ1) is 13.2. The first-order valence-corrected chi connectivity index (χ1v) is 10.0. The van der Waals surface area contributed by atoms with Crippen LogP contribution in [0.5, 0.6) is 0 Å². The maximum Gasteiger partial charge on any atom is 0.234 e. The Morgan fingerprint density at radius 3 is 2.70 bits per heavy atom. The van der Waals surface area contributed by atoms with Crippen LogP contribution in [0.2, 0.25) is 0 Å². The lowest BCUT2D eigenvalue weighted by Crippen LogP contribution is -2.15. The van der Waals surface area contributed by atoms with Crippen molar-refractivity contribution in [1.29, 1.82) is 0 Å². The zero-order chi connectivity index (χ0) is 19.1. The Labute approximate surface area is 163 Å². The molecule has 0 unspecified atom stereocenters. The van der Waals surface area contributed by atoms with E-state index in [9.17, 15) is 4.79 Å². The van der Waals surface area contributed by atoms with E-state index in [1.165, 1.54) is 17.3 Å². The molecular formula is C20H23N5OS. The molecule has 140 valence electrons. The molecule has 0 aliphatic carbocycles. The Morgan fingerprint density at radius 2 is 1.96 bits per heavy atom. The number of pyridine rings is 1. The summed E-state index contributed by atoms with van der Waals surface area (Å²) in [5, 5.41) is 12.3. The van der Waals surface area contributed by atoms with Crippen LogP contribution in [0.4, 0.5) is 5.69 Å². The summed E-state index contributed by atoms with van der Waals surface area (Å²) >= 11 is 1.40. The van der Waals surface area contributed by atoms with Gasteiger partial charge in [0.25, 0.3) is 0 Å². The SMILES string of the molecule is CCCn1c(SCC(=O)Nc2cccc(CC)c2)nnc1-c1ccncc1. The highest BCUT2D eigenvalue weighted by atomic mass is 32.2. The minimum absolute atomic E-state index is 0.0511. The lowest BCUT2D eigenvalue weighted by atomic mass is 10.1. The highest BCUT2D eigenvalue weighted by molar-refractivity contribution is 7.99. The van der Waals surface area contributed by atoms with Gasteiger partial charge in [-0.05, 0) is 42.7 Å². The molecule has 0 aliphatic rings. The standard InChI is InChI=1S/C20H23N5OS/c1-3-12-25-19(16-8-10-21-11-9-16)23-24-20(25)27-14-18(26)22-17-7-5-6-15(4-2)13-17/h5-11,13H,3-4,12,14H2,1-2H3,(H,22,26). The largest absolute Gasteiger partial charge is 0.325 e. The van der Waals surface area contributed by atoms with Gasteiger partial charge in [-0.15, -0.1) is 10.2 Å². The van der Waals surface area contributed by atoms with Crippen LogP contribution in [0, 0.1) is 0 Å². The second kappa shape index (κ2) is 9.32. The van der Waals surface area contributed by atoms with Gasteiger partial charge in [0.1, 0.15) is 0 Å². The van der Waals surface area contributed by atoms with Crippen LogP contribution >= 0.6 is 11.8 Å².